The third-order valence-corrected chi connectivity index (χ3v) is 4.32. The van der Waals surface area contributed by atoms with Crippen LogP contribution in [-0.2, 0) is 11.2 Å². The SMILES string of the molecule is CC(C)C(=O)c1cc2c3c(ccc2[nH]1)N(C(=O)C(C)C)CC3. The third kappa shape index (κ3) is 2.23. The van der Waals surface area contributed by atoms with Gasteiger partial charge >= 0.3 is 0 Å². The van der Waals surface area contributed by atoms with Crippen LogP contribution in [0.4, 0.5) is 5.69 Å². The van der Waals surface area contributed by atoms with Crippen LogP contribution in [0.1, 0.15) is 43.7 Å². The number of fused-ring (bicyclic) bond motifs is 3. The zero-order valence-electron chi connectivity index (χ0n) is 13.6. The molecule has 0 radical (unpaired) electrons. The molecule has 1 amide bonds. The highest BCUT2D eigenvalue weighted by Gasteiger charge is 2.28. The highest BCUT2D eigenvalue weighted by molar-refractivity contribution is 6.04. The summed E-state index contributed by atoms with van der Waals surface area (Å²) in [6, 6.07) is 5.90. The predicted octanol–water partition coefficient (Wildman–Crippen LogP) is 3.55. The summed E-state index contributed by atoms with van der Waals surface area (Å²) in [6.07, 6.45) is 0.846. The molecule has 22 heavy (non-hydrogen) atoms. The lowest BCUT2D eigenvalue weighted by atomic mass is 10.0. The molecule has 1 aliphatic rings. The molecule has 3 rings (SSSR count). The van der Waals surface area contributed by atoms with E-state index in [2.05, 4.69) is 4.98 Å². The number of anilines is 1. The first-order valence-electron chi connectivity index (χ1n) is 7.90. The maximum atomic E-state index is 12.3. The second-order valence-corrected chi connectivity index (χ2v) is 6.62. The predicted molar refractivity (Wildman–Crippen MR) is 88.4 cm³/mol. The molecular weight excluding hydrogens is 276 g/mol. The Morgan fingerprint density at radius 1 is 1.14 bits per heavy atom. The number of Topliss-reactive ketones (excluding diaryl/α,β-unsaturated/α-hetero) is 1. The van der Waals surface area contributed by atoms with E-state index in [1.807, 2.05) is 50.8 Å². The van der Waals surface area contributed by atoms with E-state index in [0.717, 1.165) is 29.6 Å². The van der Waals surface area contributed by atoms with E-state index in [4.69, 9.17) is 0 Å². The Bertz CT molecular complexity index is 756. The van der Waals surface area contributed by atoms with Gasteiger partial charge in [0.2, 0.25) is 5.91 Å². The Morgan fingerprint density at radius 3 is 2.50 bits per heavy atom. The van der Waals surface area contributed by atoms with Gasteiger partial charge in [0.05, 0.1) is 5.69 Å². The molecule has 0 atom stereocenters. The number of carbonyl (C=O) groups is 2. The van der Waals surface area contributed by atoms with Crippen LogP contribution < -0.4 is 4.90 Å². The Morgan fingerprint density at radius 2 is 1.86 bits per heavy atom. The lowest BCUT2D eigenvalue weighted by molar-refractivity contribution is -0.121. The first kappa shape index (κ1) is 14.8. The number of amides is 1. The molecule has 1 aromatic carbocycles. The number of ketones is 1. The van der Waals surface area contributed by atoms with Crippen molar-refractivity contribution in [3.8, 4) is 0 Å². The summed E-state index contributed by atoms with van der Waals surface area (Å²) in [5.41, 5.74) is 3.80. The van der Waals surface area contributed by atoms with E-state index >= 15 is 0 Å². The number of aromatic amines is 1. The number of rotatable bonds is 3. The van der Waals surface area contributed by atoms with Crippen molar-refractivity contribution >= 4 is 28.3 Å². The summed E-state index contributed by atoms with van der Waals surface area (Å²) in [5.74, 6) is 0.247. The van der Waals surface area contributed by atoms with Gasteiger partial charge in [-0.15, -0.1) is 0 Å². The van der Waals surface area contributed by atoms with E-state index in [9.17, 15) is 9.59 Å². The molecule has 0 fully saturated rings. The van der Waals surface area contributed by atoms with Crippen molar-refractivity contribution in [2.75, 3.05) is 11.4 Å². The van der Waals surface area contributed by atoms with Crippen molar-refractivity contribution < 1.29 is 9.59 Å². The number of benzene rings is 1. The molecule has 0 unspecified atom stereocenters. The highest BCUT2D eigenvalue weighted by Crippen LogP contribution is 2.35. The van der Waals surface area contributed by atoms with Crippen LogP contribution in [0.3, 0.4) is 0 Å². The summed E-state index contributed by atoms with van der Waals surface area (Å²) in [7, 11) is 0. The van der Waals surface area contributed by atoms with Gasteiger partial charge in [0, 0.05) is 35.0 Å². The number of carbonyl (C=O) groups excluding carboxylic acids is 2. The van der Waals surface area contributed by atoms with Gasteiger partial charge in [-0.1, -0.05) is 27.7 Å². The molecule has 0 spiro atoms. The molecule has 0 aliphatic carbocycles. The van der Waals surface area contributed by atoms with Gasteiger partial charge in [0.25, 0.3) is 0 Å². The first-order chi connectivity index (χ1) is 10.4. The minimum atomic E-state index is -0.0277. The lowest BCUT2D eigenvalue weighted by Crippen LogP contribution is -2.32. The van der Waals surface area contributed by atoms with Crippen molar-refractivity contribution in [3.63, 3.8) is 0 Å². The largest absolute Gasteiger partial charge is 0.352 e. The van der Waals surface area contributed by atoms with E-state index < -0.39 is 0 Å². The fourth-order valence-corrected chi connectivity index (χ4v) is 3.10. The second-order valence-electron chi connectivity index (χ2n) is 6.62. The number of hydrogen-bond acceptors (Lipinski definition) is 2. The van der Waals surface area contributed by atoms with Gasteiger partial charge in [-0.2, -0.15) is 0 Å². The fourth-order valence-electron chi connectivity index (χ4n) is 3.10. The van der Waals surface area contributed by atoms with E-state index in [1.54, 1.807) is 0 Å². The van der Waals surface area contributed by atoms with Gasteiger partial charge in [-0.05, 0) is 30.2 Å². The average molecular weight is 298 g/mol. The van der Waals surface area contributed by atoms with Crippen LogP contribution in [0.5, 0.6) is 0 Å². The van der Waals surface area contributed by atoms with Crippen LogP contribution >= 0.6 is 0 Å². The molecule has 2 aromatic rings. The first-order valence-corrected chi connectivity index (χ1v) is 7.90. The van der Waals surface area contributed by atoms with Crippen molar-refractivity contribution in [2.45, 2.75) is 34.1 Å². The van der Waals surface area contributed by atoms with Crippen LogP contribution in [0.25, 0.3) is 10.9 Å². The monoisotopic (exact) mass is 298 g/mol. The van der Waals surface area contributed by atoms with Gasteiger partial charge in [0.15, 0.2) is 5.78 Å². The van der Waals surface area contributed by atoms with Gasteiger partial charge in [-0.25, -0.2) is 0 Å². The molecule has 116 valence electrons. The maximum Gasteiger partial charge on any atom is 0.229 e. The van der Waals surface area contributed by atoms with Crippen LogP contribution in [0.15, 0.2) is 18.2 Å². The third-order valence-electron chi connectivity index (χ3n) is 4.32. The smallest absolute Gasteiger partial charge is 0.229 e. The van der Waals surface area contributed by atoms with Crippen LogP contribution in [0, 0.1) is 11.8 Å². The Hall–Kier alpha value is -2.10. The summed E-state index contributed by atoms with van der Waals surface area (Å²) >= 11 is 0. The summed E-state index contributed by atoms with van der Waals surface area (Å²) < 4.78 is 0. The zero-order chi connectivity index (χ0) is 16.0. The molecule has 0 bridgehead atoms. The Labute approximate surface area is 130 Å². The topological polar surface area (TPSA) is 53.2 Å². The number of H-pyrrole nitrogens is 1. The maximum absolute atomic E-state index is 12.3. The van der Waals surface area contributed by atoms with Gasteiger partial charge in [-0.3, -0.25) is 9.59 Å². The highest BCUT2D eigenvalue weighted by atomic mass is 16.2. The summed E-state index contributed by atoms with van der Waals surface area (Å²) in [5, 5.41) is 1.07. The standard InChI is InChI=1S/C18H22N2O2/c1-10(2)17(21)15-9-13-12-7-8-20(18(22)11(3)4)16(12)6-5-14(13)19-15/h5-6,9-11,19H,7-8H2,1-4H3. The normalized spacial score (nSPS) is 14.2. The van der Waals surface area contributed by atoms with Crippen molar-refractivity contribution in [1.82, 2.24) is 4.98 Å². The van der Waals surface area contributed by atoms with E-state index in [-0.39, 0.29) is 23.5 Å². The fraction of sp³-hybridized carbons (Fsp3) is 0.444. The number of nitrogens with zero attached hydrogens (tertiary/aromatic N) is 1. The van der Waals surface area contributed by atoms with Crippen LogP contribution in [-0.4, -0.2) is 23.2 Å². The minimum absolute atomic E-state index is 0.00838. The Balaban J connectivity index is 2.07. The summed E-state index contributed by atoms with van der Waals surface area (Å²) in [6.45, 7) is 8.38. The molecule has 2 heterocycles. The minimum Gasteiger partial charge on any atom is -0.352 e. The van der Waals surface area contributed by atoms with E-state index in [0.29, 0.717) is 5.69 Å². The van der Waals surface area contributed by atoms with Gasteiger partial charge < -0.3 is 9.88 Å². The average Bonchev–Trinajstić information content (AvgIpc) is 3.08. The molecule has 4 nitrogen and oxygen atoms in total. The van der Waals surface area contributed by atoms with Crippen molar-refractivity contribution in [1.29, 1.82) is 0 Å². The van der Waals surface area contributed by atoms with Gasteiger partial charge in [0.1, 0.15) is 0 Å². The summed E-state index contributed by atoms with van der Waals surface area (Å²) in [4.78, 5) is 29.6. The zero-order valence-corrected chi connectivity index (χ0v) is 13.6. The molecular formula is C18H22N2O2. The molecule has 0 saturated heterocycles. The van der Waals surface area contributed by atoms with Crippen LogP contribution in [0.2, 0.25) is 0 Å². The van der Waals surface area contributed by atoms with Crippen molar-refractivity contribution in [2.24, 2.45) is 11.8 Å². The number of nitrogens with one attached hydrogen (secondary N) is 1. The quantitative estimate of drug-likeness (QED) is 0.881. The second kappa shape index (κ2) is 5.27. The Kier molecular flexibility index (Phi) is 3.55. The lowest BCUT2D eigenvalue weighted by Gasteiger charge is -2.19. The molecule has 0 saturated carbocycles. The van der Waals surface area contributed by atoms with Crippen molar-refractivity contribution in [3.05, 3.63) is 29.5 Å². The molecule has 1 N–H and O–H groups in total. The molecule has 1 aromatic heterocycles. The number of aromatic nitrogens is 1. The molecule has 1 aliphatic heterocycles. The number of hydrogen-bond donors (Lipinski definition) is 1. The molecule has 4 heteroatoms. The van der Waals surface area contributed by atoms with E-state index in [1.165, 1.54) is 5.56 Å².